The minimum atomic E-state index is -0.0819. The number of benzene rings is 1. The summed E-state index contributed by atoms with van der Waals surface area (Å²) in [5.41, 5.74) is 1.96. The highest BCUT2D eigenvalue weighted by atomic mass is 35.5. The predicted molar refractivity (Wildman–Crippen MR) is 116 cm³/mol. The summed E-state index contributed by atoms with van der Waals surface area (Å²) in [6.07, 6.45) is 2.12. The minimum absolute atomic E-state index is 0.0262. The van der Waals surface area contributed by atoms with E-state index in [1.54, 1.807) is 7.05 Å². The van der Waals surface area contributed by atoms with Gasteiger partial charge in [-0.2, -0.15) is 0 Å². The van der Waals surface area contributed by atoms with Gasteiger partial charge in [-0.15, -0.1) is 0 Å². The molecule has 1 amide bonds. The molecule has 0 spiro atoms. The Bertz CT molecular complexity index is 893. The summed E-state index contributed by atoms with van der Waals surface area (Å²) < 4.78 is 7.41. The molecular weight excluding hydrogens is 413 g/mol. The van der Waals surface area contributed by atoms with Crippen molar-refractivity contribution in [2.24, 2.45) is 12.0 Å². The number of hydrogen-bond donors (Lipinski definition) is 3. The smallest absolute Gasteiger partial charge is 0.258 e. The molecule has 156 valence electrons. The second-order valence-corrected chi connectivity index (χ2v) is 7.66. The van der Waals surface area contributed by atoms with E-state index in [0.29, 0.717) is 41.0 Å². The second-order valence-electron chi connectivity index (χ2n) is 6.89. The number of rotatable bonds is 8. The lowest BCUT2D eigenvalue weighted by atomic mass is 10.2. The summed E-state index contributed by atoms with van der Waals surface area (Å²) in [5, 5.41) is 10.4. The molecule has 7 nitrogen and oxygen atoms in total. The maximum absolute atomic E-state index is 11.8. The van der Waals surface area contributed by atoms with E-state index in [-0.39, 0.29) is 12.5 Å². The van der Waals surface area contributed by atoms with Crippen molar-refractivity contribution in [2.45, 2.75) is 32.0 Å². The van der Waals surface area contributed by atoms with E-state index in [9.17, 15) is 4.79 Å². The molecule has 0 aliphatic heterocycles. The van der Waals surface area contributed by atoms with Gasteiger partial charge in [0, 0.05) is 32.4 Å². The summed E-state index contributed by atoms with van der Waals surface area (Å²) in [6, 6.07) is 9.78. The molecule has 2 aromatic rings. The molecule has 9 heteroatoms. The van der Waals surface area contributed by atoms with Gasteiger partial charge in [0.25, 0.3) is 5.91 Å². The van der Waals surface area contributed by atoms with Crippen molar-refractivity contribution in [3.8, 4) is 5.75 Å². The molecule has 1 aromatic heterocycles. The fraction of sp³-hybridized carbons (Fsp3) is 0.400. The molecule has 0 radical (unpaired) electrons. The average molecular weight is 438 g/mol. The van der Waals surface area contributed by atoms with Crippen LogP contribution in [0, 0.1) is 0 Å². The van der Waals surface area contributed by atoms with Crippen molar-refractivity contribution >= 4 is 35.1 Å². The van der Waals surface area contributed by atoms with E-state index in [0.717, 1.165) is 24.1 Å². The maximum Gasteiger partial charge on any atom is 0.258 e. The molecule has 0 saturated heterocycles. The van der Waals surface area contributed by atoms with Crippen LogP contribution >= 0.6 is 23.2 Å². The van der Waals surface area contributed by atoms with Crippen LogP contribution in [0.5, 0.6) is 5.75 Å². The Morgan fingerprint density at radius 3 is 2.66 bits per heavy atom. The largest absolute Gasteiger partial charge is 0.484 e. The van der Waals surface area contributed by atoms with Gasteiger partial charge < -0.3 is 25.3 Å². The lowest BCUT2D eigenvalue weighted by Crippen LogP contribution is -2.36. The standard InChI is InChI=1S/C20H25Cl2N5O2/c1-23-20(25-11-15-9-17(21)19(22)27(15)2)24-10-13-4-3-5-16(8-13)29-12-18(28)26-14-6-7-14/h3-5,8-9,14H,6-7,10-12H2,1-2H3,(H,26,28)(H2,23,24,25). The minimum Gasteiger partial charge on any atom is -0.484 e. The third-order valence-electron chi connectivity index (χ3n) is 4.55. The molecule has 29 heavy (non-hydrogen) atoms. The van der Waals surface area contributed by atoms with Crippen LogP contribution in [0.3, 0.4) is 0 Å². The highest BCUT2D eigenvalue weighted by molar-refractivity contribution is 6.41. The van der Waals surface area contributed by atoms with Crippen LogP contribution in [0.1, 0.15) is 24.1 Å². The summed E-state index contributed by atoms with van der Waals surface area (Å²) in [4.78, 5) is 16.0. The van der Waals surface area contributed by atoms with Gasteiger partial charge in [0.05, 0.1) is 11.6 Å². The molecule has 1 saturated carbocycles. The van der Waals surface area contributed by atoms with Crippen LogP contribution in [0.2, 0.25) is 10.2 Å². The van der Waals surface area contributed by atoms with Gasteiger partial charge >= 0.3 is 0 Å². The quantitative estimate of drug-likeness (QED) is 0.438. The zero-order valence-electron chi connectivity index (χ0n) is 16.5. The summed E-state index contributed by atoms with van der Waals surface area (Å²) in [5.74, 6) is 1.22. The summed E-state index contributed by atoms with van der Waals surface area (Å²) in [7, 11) is 3.57. The van der Waals surface area contributed by atoms with Crippen LogP contribution < -0.4 is 20.7 Å². The van der Waals surface area contributed by atoms with Crippen molar-refractivity contribution in [1.29, 1.82) is 0 Å². The number of aromatic nitrogens is 1. The lowest BCUT2D eigenvalue weighted by Gasteiger charge is -2.13. The number of amides is 1. The van der Waals surface area contributed by atoms with Gasteiger partial charge in [0.2, 0.25) is 0 Å². The molecule has 1 aromatic carbocycles. The van der Waals surface area contributed by atoms with Gasteiger partial charge in [-0.05, 0) is 36.6 Å². The van der Waals surface area contributed by atoms with Crippen molar-refractivity contribution in [3.63, 3.8) is 0 Å². The Labute approximate surface area is 180 Å². The highest BCUT2D eigenvalue weighted by Crippen LogP contribution is 2.25. The molecule has 0 bridgehead atoms. The molecular formula is C20H25Cl2N5O2. The van der Waals surface area contributed by atoms with Crippen LogP contribution in [0.15, 0.2) is 35.3 Å². The van der Waals surface area contributed by atoms with Gasteiger partial charge in [-0.3, -0.25) is 9.79 Å². The predicted octanol–water partition coefficient (Wildman–Crippen LogP) is 2.85. The highest BCUT2D eigenvalue weighted by Gasteiger charge is 2.23. The van der Waals surface area contributed by atoms with E-state index in [2.05, 4.69) is 20.9 Å². The van der Waals surface area contributed by atoms with Gasteiger partial charge in [-0.25, -0.2) is 0 Å². The number of nitrogens with zero attached hydrogens (tertiary/aromatic N) is 2. The van der Waals surface area contributed by atoms with Gasteiger partial charge in [-0.1, -0.05) is 35.3 Å². The lowest BCUT2D eigenvalue weighted by molar-refractivity contribution is -0.123. The second kappa shape index (κ2) is 9.89. The third-order valence-corrected chi connectivity index (χ3v) is 5.39. The van der Waals surface area contributed by atoms with Crippen molar-refractivity contribution in [1.82, 2.24) is 20.5 Å². The van der Waals surface area contributed by atoms with Gasteiger partial charge in [0.1, 0.15) is 10.9 Å². The maximum atomic E-state index is 11.8. The van der Waals surface area contributed by atoms with Crippen LogP contribution in [0.4, 0.5) is 0 Å². The van der Waals surface area contributed by atoms with E-state index >= 15 is 0 Å². The van der Waals surface area contributed by atoms with E-state index in [1.807, 2.05) is 41.9 Å². The summed E-state index contributed by atoms with van der Waals surface area (Å²) >= 11 is 12.1. The number of ether oxygens (including phenoxy) is 1. The number of guanidine groups is 1. The first kappa shape index (κ1) is 21.3. The number of carbonyl (C=O) groups excluding carboxylic acids is 1. The number of aliphatic imine (C=N–C) groups is 1. The van der Waals surface area contributed by atoms with E-state index in [4.69, 9.17) is 27.9 Å². The molecule has 1 aliphatic carbocycles. The van der Waals surface area contributed by atoms with E-state index in [1.165, 1.54) is 0 Å². The zero-order valence-corrected chi connectivity index (χ0v) is 18.0. The fourth-order valence-corrected chi connectivity index (χ4v) is 3.15. The monoisotopic (exact) mass is 437 g/mol. The molecule has 3 N–H and O–H groups in total. The Morgan fingerprint density at radius 2 is 2.00 bits per heavy atom. The van der Waals surface area contributed by atoms with Crippen LogP contribution in [-0.2, 0) is 24.9 Å². The SMILES string of the molecule is CN=C(NCc1cccc(OCC(=O)NC2CC2)c1)NCc1cc(Cl)c(Cl)n1C. The summed E-state index contributed by atoms with van der Waals surface area (Å²) in [6.45, 7) is 1.11. The molecule has 1 aliphatic rings. The number of hydrogen-bond acceptors (Lipinski definition) is 3. The molecule has 1 heterocycles. The molecule has 3 rings (SSSR count). The fourth-order valence-electron chi connectivity index (χ4n) is 2.73. The molecule has 0 atom stereocenters. The average Bonchev–Trinajstić information content (AvgIpc) is 3.50. The Morgan fingerprint density at radius 1 is 1.24 bits per heavy atom. The van der Waals surface area contributed by atoms with E-state index < -0.39 is 0 Å². The number of carbonyl (C=O) groups is 1. The number of nitrogens with one attached hydrogen (secondary N) is 3. The van der Waals surface area contributed by atoms with Crippen molar-refractivity contribution < 1.29 is 9.53 Å². The first-order valence-electron chi connectivity index (χ1n) is 9.41. The topological polar surface area (TPSA) is 79.7 Å². The van der Waals surface area contributed by atoms with Crippen LogP contribution in [0.25, 0.3) is 0 Å². The third kappa shape index (κ3) is 6.30. The van der Waals surface area contributed by atoms with Crippen molar-refractivity contribution in [3.05, 3.63) is 51.8 Å². The first-order chi connectivity index (χ1) is 14.0. The molecule has 0 unspecified atom stereocenters. The zero-order chi connectivity index (χ0) is 20.8. The Balaban J connectivity index is 1.47. The first-order valence-corrected chi connectivity index (χ1v) is 10.2. The van der Waals surface area contributed by atoms with Crippen molar-refractivity contribution in [2.75, 3.05) is 13.7 Å². The normalized spacial score (nSPS) is 13.9. The van der Waals surface area contributed by atoms with Crippen LogP contribution in [-0.4, -0.2) is 36.1 Å². The molecule has 1 fully saturated rings. The number of halogens is 2. The Kier molecular flexibility index (Phi) is 7.28. The Hall–Kier alpha value is -2.38. The van der Waals surface area contributed by atoms with Gasteiger partial charge in [0.15, 0.2) is 12.6 Å².